The van der Waals surface area contributed by atoms with Crippen LogP contribution in [-0.4, -0.2) is 23.2 Å². The first-order valence-corrected chi connectivity index (χ1v) is 5.47. The summed E-state index contributed by atoms with van der Waals surface area (Å²) in [5.74, 6) is -0.408. The number of amides is 1. The van der Waals surface area contributed by atoms with Crippen molar-refractivity contribution in [2.24, 2.45) is 16.7 Å². The van der Waals surface area contributed by atoms with Gasteiger partial charge in [-0.15, -0.1) is 0 Å². The molecule has 0 aliphatic carbocycles. The Morgan fingerprint density at radius 3 is 2.50 bits per heavy atom. The predicted molar refractivity (Wildman–Crippen MR) is 44.9 cm³/mol. The minimum atomic E-state index is -3.43. The zero-order chi connectivity index (χ0) is 9.35. The zero-order valence-electron chi connectivity index (χ0n) is 6.64. The minimum Gasteiger partial charge on any atom is -0.320 e. The molecule has 12 heavy (non-hydrogen) atoms. The molecule has 0 saturated carbocycles. The number of nitrogens with zero attached hydrogens (tertiary/aromatic N) is 1. The SMILES string of the molecule is NC1CCCN(P(N)(N)=O)C1=O. The van der Waals surface area contributed by atoms with E-state index >= 15 is 0 Å². The molecule has 70 valence electrons. The summed E-state index contributed by atoms with van der Waals surface area (Å²) in [6.07, 6.45) is 1.31. The largest absolute Gasteiger partial charge is 0.320 e. The summed E-state index contributed by atoms with van der Waals surface area (Å²) in [5.41, 5.74) is 15.7. The molecule has 1 rings (SSSR count). The van der Waals surface area contributed by atoms with E-state index in [4.69, 9.17) is 16.7 Å². The van der Waals surface area contributed by atoms with Crippen LogP contribution in [-0.2, 0) is 9.36 Å². The van der Waals surface area contributed by atoms with Crippen LogP contribution in [0.5, 0.6) is 0 Å². The van der Waals surface area contributed by atoms with Crippen LogP contribution in [0.1, 0.15) is 12.8 Å². The van der Waals surface area contributed by atoms with Crippen LogP contribution >= 0.6 is 7.59 Å². The number of carbonyl (C=O) groups excluding carboxylic acids is 1. The predicted octanol–water partition coefficient (Wildman–Crippen LogP) is -1.04. The lowest BCUT2D eigenvalue weighted by atomic mass is 10.1. The van der Waals surface area contributed by atoms with E-state index in [1.54, 1.807) is 0 Å². The van der Waals surface area contributed by atoms with Crippen LogP contribution in [0.4, 0.5) is 0 Å². The van der Waals surface area contributed by atoms with E-state index in [0.29, 0.717) is 19.4 Å². The summed E-state index contributed by atoms with van der Waals surface area (Å²) in [6.45, 7) is 0.344. The van der Waals surface area contributed by atoms with Gasteiger partial charge in [-0.2, -0.15) is 0 Å². The van der Waals surface area contributed by atoms with Crippen molar-refractivity contribution < 1.29 is 9.36 Å². The molecule has 0 aromatic carbocycles. The Bertz CT molecular complexity index is 238. The number of carbonyl (C=O) groups is 1. The van der Waals surface area contributed by atoms with Crippen LogP contribution < -0.4 is 16.7 Å². The molecule has 0 spiro atoms. The van der Waals surface area contributed by atoms with Gasteiger partial charge in [0, 0.05) is 6.54 Å². The van der Waals surface area contributed by atoms with Crippen molar-refractivity contribution in [1.82, 2.24) is 4.67 Å². The fourth-order valence-corrected chi connectivity index (χ4v) is 2.11. The highest BCUT2D eigenvalue weighted by molar-refractivity contribution is 7.57. The lowest BCUT2D eigenvalue weighted by molar-refractivity contribution is -0.129. The molecule has 0 aromatic rings. The number of piperidine rings is 1. The lowest BCUT2D eigenvalue weighted by Gasteiger charge is -2.32. The maximum atomic E-state index is 11.2. The van der Waals surface area contributed by atoms with Gasteiger partial charge in [-0.1, -0.05) is 0 Å². The average Bonchev–Trinajstić information content (AvgIpc) is 1.92. The molecule has 7 heteroatoms. The van der Waals surface area contributed by atoms with Gasteiger partial charge >= 0.3 is 7.59 Å². The Kier molecular flexibility index (Phi) is 2.53. The third-order valence-electron chi connectivity index (χ3n) is 1.83. The number of rotatable bonds is 1. The third-order valence-corrected chi connectivity index (χ3v) is 2.99. The second-order valence-corrected chi connectivity index (χ2v) is 4.71. The molecule has 0 radical (unpaired) electrons. The van der Waals surface area contributed by atoms with E-state index in [1.807, 2.05) is 0 Å². The number of nitrogens with two attached hydrogens (primary N) is 3. The van der Waals surface area contributed by atoms with E-state index in [9.17, 15) is 9.36 Å². The van der Waals surface area contributed by atoms with Crippen LogP contribution in [0.3, 0.4) is 0 Å². The zero-order valence-corrected chi connectivity index (χ0v) is 7.54. The average molecular weight is 192 g/mol. The highest BCUT2D eigenvalue weighted by Gasteiger charge is 2.33. The Morgan fingerprint density at radius 2 is 2.08 bits per heavy atom. The Hall–Kier alpha value is -0.420. The molecular weight excluding hydrogens is 179 g/mol. The van der Waals surface area contributed by atoms with Crippen molar-refractivity contribution in [3.8, 4) is 0 Å². The highest BCUT2D eigenvalue weighted by Crippen LogP contribution is 2.34. The second-order valence-electron chi connectivity index (χ2n) is 2.88. The Balaban J connectivity index is 2.78. The fourth-order valence-electron chi connectivity index (χ4n) is 1.20. The Labute approximate surface area is 70.6 Å². The molecule has 1 heterocycles. The topological polar surface area (TPSA) is 115 Å². The summed E-state index contributed by atoms with van der Waals surface area (Å²) in [6, 6.07) is -0.598. The maximum absolute atomic E-state index is 11.2. The summed E-state index contributed by atoms with van der Waals surface area (Å²) in [4.78, 5) is 11.2. The summed E-state index contributed by atoms with van der Waals surface area (Å²) >= 11 is 0. The van der Waals surface area contributed by atoms with Gasteiger partial charge in [0.15, 0.2) is 0 Å². The van der Waals surface area contributed by atoms with Crippen molar-refractivity contribution in [2.45, 2.75) is 18.9 Å². The Morgan fingerprint density at radius 1 is 1.50 bits per heavy atom. The van der Waals surface area contributed by atoms with Crippen molar-refractivity contribution in [1.29, 1.82) is 0 Å². The molecule has 0 bridgehead atoms. The van der Waals surface area contributed by atoms with Crippen LogP contribution in [0.25, 0.3) is 0 Å². The highest BCUT2D eigenvalue weighted by atomic mass is 31.2. The summed E-state index contributed by atoms with van der Waals surface area (Å²) in [5, 5.41) is 0. The molecule has 1 fully saturated rings. The van der Waals surface area contributed by atoms with E-state index in [-0.39, 0.29) is 0 Å². The second kappa shape index (κ2) is 3.14. The molecule has 1 aliphatic rings. The molecule has 1 atom stereocenters. The standard InChI is InChI=1S/C5H13N4O2P/c6-4-2-1-3-9(5(4)10)12(7,8)11/h4H,1-3,6H2,(H4,7,8,11). The fraction of sp³-hybridized carbons (Fsp3) is 0.800. The molecule has 1 amide bonds. The van der Waals surface area contributed by atoms with E-state index < -0.39 is 19.5 Å². The number of hydrogen-bond donors (Lipinski definition) is 3. The van der Waals surface area contributed by atoms with Gasteiger partial charge in [-0.25, -0.2) is 0 Å². The van der Waals surface area contributed by atoms with Crippen molar-refractivity contribution >= 4 is 13.5 Å². The minimum absolute atomic E-state index is 0.344. The lowest BCUT2D eigenvalue weighted by Crippen LogP contribution is -2.48. The van der Waals surface area contributed by atoms with Gasteiger partial charge < -0.3 is 5.73 Å². The first kappa shape index (κ1) is 9.67. The number of hydrogen-bond acceptors (Lipinski definition) is 3. The molecule has 1 aliphatic heterocycles. The normalized spacial score (nSPS) is 26.1. The maximum Gasteiger partial charge on any atom is 0.302 e. The van der Waals surface area contributed by atoms with Gasteiger partial charge in [0.1, 0.15) is 0 Å². The molecule has 6 N–H and O–H groups in total. The summed E-state index contributed by atoms with van der Waals surface area (Å²) < 4.78 is 12.1. The van der Waals surface area contributed by atoms with E-state index in [0.717, 1.165) is 4.67 Å². The first-order valence-electron chi connectivity index (χ1n) is 3.67. The van der Waals surface area contributed by atoms with Crippen molar-refractivity contribution in [3.63, 3.8) is 0 Å². The molecule has 1 unspecified atom stereocenters. The molecule has 6 nitrogen and oxygen atoms in total. The van der Waals surface area contributed by atoms with Gasteiger partial charge in [0.2, 0.25) is 5.91 Å². The molecule has 0 aromatic heterocycles. The smallest absolute Gasteiger partial charge is 0.302 e. The van der Waals surface area contributed by atoms with Crippen LogP contribution in [0.15, 0.2) is 0 Å². The molecular formula is C5H13N4O2P. The first-order chi connectivity index (χ1) is 5.43. The summed E-state index contributed by atoms with van der Waals surface area (Å²) in [7, 11) is -3.43. The van der Waals surface area contributed by atoms with E-state index in [1.165, 1.54) is 0 Å². The van der Waals surface area contributed by atoms with Crippen molar-refractivity contribution in [2.75, 3.05) is 6.54 Å². The van der Waals surface area contributed by atoms with Gasteiger partial charge in [-0.05, 0) is 12.8 Å². The monoisotopic (exact) mass is 192 g/mol. The van der Waals surface area contributed by atoms with Gasteiger partial charge in [-0.3, -0.25) is 25.0 Å². The van der Waals surface area contributed by atoms with E-state index in [2.05, 4.69) is 0 Å². The molecule has 1 saturated heterocycles. The van der Waals surface area contributed by atoms with Crippen LogP contribution in [0, 0.1) is 0 Å². The van der Waals surface area contributed by atoms with Crippen LogP contribution in [0.2, 0.25) is 0 Å². The van der Waals surface area contributed by atoms with Crippen molar-refractivity contribution in [3.05, 3.63) is 0 Å². The van der Waals surface area contributed by atoms with Gasteiger partial charge in [0.05, 0.1) is 6.04 Å². The quantitative estimate of drug-likeness (QED) is 0.459. The third kappa shape index (κ3) is 1.84. The van der Waals surface area contributed by atoms with Gasteiger partial charge in [0.25, 0.3) is 0 Å².